The van der Waals surface area contributed by atoms with E-state index in [0.29, 0.717) is 17.4 Å². The standard InChI is InChI=1S/C12H7F4NO2S/c1-5-9(11(18)19)20-10(17-5)7-3-2-6(13)4-8(7)12(14,15)16/h2-4H,1H3,(H,18,19). The van der Waals surface area contributed by atoms with E-state index in [9.17, 15) is 22.4 Å². The number of rotatable bonds is 2. The van der Waals surface area contributed by atoms with Crippen molar-refractivity contribution >= 4 is 17.3 Å². The number of aromatic carboxylic acids is 1. The van der Waals surface area contributed by atoms with Gasteiger partial charge in [-0.1, -0.05) is 0 Å². The largest absolute Gasteiger partial charge is 0.477 e. The Bertz CT molecular complexity index is 679. The van der Waals surface area contributed by atoms with Gasteiger partial charge in [-0.25, -0.2) is 14.2 Å². The molecule has 0 saturated heterocycles. The third kappa shape index (κ3) is 2.64. The zero-order valence-electron chi connectivity index (χ0n) is 9.95. The lowest BCUT2D eigenvalue weighted by Gasteiger charge is -2.10. The first-order valence-electron chi connectivity index (χ1n) is 5.28. The third-order valence-corrected chi connectivity index (χ3v) is 3.69. The van der Waals surface area contributed by atoms with E-state index >= 15 is 0 Å². The molecule has 1 heterocycles. The van der Waals surface area contributed by atoms with Crippen LogP contribution in [0.25, 0.3) is 10.6 Å². The van der Waals surface area contributed by atoms with Gasteiger partial charge < -0.3 is 5.11 Å². The molecule has 0 atom stereocenters. The van der Waals surface area contributed by atoms with Crippen LogP contribution in [-0.4, -0.2) is 16.1 Å². The van der Waals surface area contributed by atoms with Crippen LogP contribution in [0.1, 0.15) is 20.9 Å². The van der Waals surface area contributed by atoms with Gasteiger partial charge in [0.05, 0.1) is 11.3 Å². The van der Waals surface area contributed by atoms with Crippen LogP contribution in [0, 0.1) is 12.7 Å². The van der Waals surface area contributed by atoms with Gasteiger partial charge in [-0.2, -0.15) is 13.2 Å². The maximum Gasteiger partial charge on any atom is 0.417 e. The second-order valence-corrected chi connectivity index (χ2v) is 4.93. The molecule has 2 rings (SSSR count). The van der Waals surface area contributed by atoms with E-state index in [4.69, 9.17) is 5.11 Å². The zero-order valence-corrected chi connectivity index (χ0v) is 10.8. The summed E-state index contributed by atoms with van der Waals surface area (Å²) in [6, 6.07) is 2.19. The number of carboxylic acid groups (broad SMARTS) is 1. The van der Waals surface area contributed by atoms with E-state index in [0.717, 1.165) is 12.1 Å². The van der Waals surface area contributed by atoms with Crippen molar-refractivity contribution in [2.75, 3.05) is 0 Å². The average Bonchev–Trinajstić information content (AvgIpc) is 2.70. The number of thiazole rings is 1. The number of alkyl halides is 3. The van der Waals surface area contributed by atoms with Gasteiger partial charge in [0.15, 0.2) is 0 Å². The summed E-state index contributed by atoms with van der Waals surface area (Å²) < 4.78 is 51.6. The molecule has 0 fully saturated rings. The average molecular weight is 305 g/mol. The summed E-state index contributed by atoms with van der Waals surface area (Å²) in [7, 11) is 0. The summed E-state index contributed by atoms with van der Waals surface area (Å²) in [5.74, 6) is -2.28. The number of nitrogens with zero attached hydrogens (tertiary/aromatic N) is 1. The molecule has 0 radical (unpaired) electrons. The highest BCUT2D eigenvalue weighted by molar-refractivity contribution is 7.17. The summed E-state index contributed by atoms with van der Waals surface area (Å²) in [4.78, 5) is 14.6. The van der Waals surface area contributed by atoms with Gasteiger partial charge in [0.1, 0.15) is 15.7 Å². The fraction of sp³-hybridized carbons (Fsp3) is 0.167. The summed E-state index contributed by atoms with van der Waals surface area (Å²) >= 11 is 0.624. The maximum absolute atomic E-state index is 13.0. The van der Waals surface area contributed by atoms with Gasteiger partial charge in [0.2, 0.25) is 0 Å². The van der Waals surface area contributed by atoms with Crippen LogP contribution in [0.3, 0.4) is 0 Å². The lowest BCUT2D eigenvalue weighted by Crippen LogP contribution is -2.07. The molecule has 1 aromatic carbocycles. The number of halogens is 4. The number of carbonyl (C=O) groups is 1. The molecular weight excluding hydrogens is 298 g/mol. The number of hydrogen-bond acceptors (Lipinski definition) is 3. The minimum Gasteiger partial charge on any atom is -0.477 e. The van der Waals surface area contributed by atoms with E-state index in [2.05, 4.69) is 4.98 Å². The number of carboxylic acids is 1. The van der Waals surface area contributed by atoms with Crippen LogP contribution < -0.4 is 0 Å². The molecule has 3 nitrogen and oxygen atoms in total. The van der Waals surface area contributed by atoms with E-state index in [1.54, 1.807) is 0 Å². The van der Waals surface area contributed by atoms with Gasteiger partial charge in [0, 0.05) is 5.56 Å². The van der Waals surface area contributed by atoms with Crippen molar-refractivity contribution in [3.8, 4) is 10.6 Å². The van der Waals surface area contributed by atoms with Crippen LogP contribution in [-0.2, 0) is 6.18 Å². The van der Waals surface area contributed by atoms with Crippen LogP contribution in [0.5, 0.6) is 0 Å². The molecule has 0 amide bonds. The lowest BCUT2D eigenvalue weighted by atomic mass is 10.1. The second-order valence-electron chi connectivity index (χ2n) is 3.93. The van der Waals surface area contributed by atoms with Gasteiger partial charge in [-0.05, 0) is 25.1 Å². The first-order chi connectivity index (χ1) is 9.20. The Balaban J connectivity index is 2.64. The van der Waals surface area contributed by atoms with Crippen LogP contribution in [0.2, 0.25) is 0 Å². The summed E-state index contributed by atoms with van der Waals surface area (Å²) in [5, 5.41) is 8.78. The van der Waals surface area contributed by atoms with Gasteiger partial charge in [0.25, 0.3) is 0 Å². The van der Waals surface area contributed by atoms with Crippen molar-refractivity contribution in [1.82, 2.24) is 4.98 Å². The quantitative estimate of drug-likeness (QED) is 0.854. The molecule has 0 bridgehead atoms. The Kier molecular flexibility index (Phi) is 3.51. The Morgan fingerprint density at radius 2 is 2.00 bits per heavy atom. The van der Waals surface area contributed by atoms with Crippen LogP contribution in [0.4, 0.5) is 17.6 Å². The minimum atomic E-state index is -4.75. The summed E-state index contributed by atoms with van der Waals surface area (Å²) in [6.45, 7) is 1.39. The molecule has 20 heavy (non-hydrogen) atoms. The van der Waals surface area contributed by atoms with E-state index < -0.39 is 23.5 Å². The van der Waals surface area contributed by atoms with Crippen molar-refractivity contribution in [3.05, 3.63) is 40.2 Å². The molecule has 2 aromatic rings. The second kappa shape index (κ2) is 4.86. The molecule has 0 saturated carbocycles. The monoisotopic (exact) mass is 305 g/mol. The highest BCUT2D eigenvalue weighted by Gasteiger charge is 2.35. The number of hydrogen-bond donors (Lipinski definition) is 1. The fourth-order valence-corrected chi connectivity index (χ4v) is 2.59. The molecule has 0 aliphatic rings. The Labute approximate surface area is 114 Å². The normalized spacial score (nSPS) is 11.7. The summed E-state index contributed by atoms with van der Waals surface area (Å²) in [6.07, 6.45) is -4.75. The Morgan fingerprint density at radius 1 is 1.35 bits per heavy atom. The number of aromatic nitrogens is 1. The molecule has 8 heteroatoms. The SMILES string of the molecule is Cc1nc(-c2ccc(F)cc2C(F)(F)F)sc1C(=O)O. The van der Waals surface area contributed by atoms with Crippen LogP contribution in [0.15, 0.2) is 18.2 Å². The molecule has 0 spiro atoms. The van der Waals surface area contributed by atoms with Crippen molar-refractivity contribution in [2.24, 2.45) is 0 Å². The van der Waals surface area contributed by atoms with Gasteiger partial charge >= 0.3 is 12.1 Å². The molecule has 0 unspecified atom stereocenters. The maximum atomic E-state index is 13.0. The van der Waals surface area contributed by atoms with Gasteiger partial charge in [-0.15, -0.1) is 11.3 Å². The molecule has 1 aromatic heterocycles. The highest BCUT2D eigenvalue weighted by atomic mass is 32.1. The van der Waals surface area contributed by atoms with E-state index in [1.807, 2.05) is 0 Å². The molecule has 0 aliphatic heterocycles. The van der Waals surface area contributed by atoms with Gasteiger partial charge in [-0.3, -0.25) is 0 Å². The molecule has 0 aliphatic carbocycles. The molecule has 106 valence electrons. The predicted molar refractivity (Wildman–Crippen MR) is 64.2 cm³/mol. The number of aryl methyl sites for hydroxylation is 1. The van der Waals surface area contributed by atoms with Crippen LogP contribution >= 0.6 is 11.3 Å². The van der Waals surface area contributed by atoms with Crippen molar-refractivity contribution < 1.29 is 27.5 Å². The zero-order chi connectivity index (χ0) is 15.1. The van der Waals surface area contributed by atoms with Crippen molar-refractivity contribution in [2.45, 2.75) is 13.1 Å². The number of benzene rings is 1. The topological polar surface area (TPSA) is 50.2 Å². The van der Waals surface area contributed by atoms with Crippen molar-refractivity contribution in [1.29, 1.82) is 0 Å². The fourth-order valence-electron chi connectivity index (χ4n) is 1.65. The highest BCUT2D eigenvalue weighted by Crippen LogP contribution is 2.39. The first-order valence-corrected chi connectivity index (χ1v) is 6.09. The smallest absolute Gasteiger partial charge is 0.417 e. The first kappa shape index (κ1) is 14.4. The minimum absolute atomic E-state index is 0.104. The van der Waals surface area contributed by atoms with E-state index in [1.165, 1.54) is 6.92 Å². The lowest BCUT2D eigenvalue weighted by molar-refractivity contribution is -0.137. The molecule has 1 N–H and O–H groups in total. The Morgan fingerprint density at radius 3 is 2.50 bits per heavy atom. The molecular formula is C12H7F4NO2S. The summed E-state index contributed by atoms with van der Waals surface area (Å²) in [5.41, 5.74) is -1.39. The third-order valence-electron chi connectivity index (χ3n) is 2.51. The van der Waals surface area contributed by atoms with E-state index in [-0.39, 0.29) is 21.1 Å². The Hall–Kier alpha value is -1.96. The van der Waals surface area contributed by atoms with Crippen molar-refractivity contribution in [3.63, 3.8) is 0 Å². The predicted octanol–water partition coefficient (Wildman–Crippen LogP) is 3.97.